The van der Waals surface area contributed by atoms with Crippen molar-refractivity contribution < 1.29 is 4.74 Å². The van der Waals surface area contributed by atoms with E-state index in [9.17, 15) is 0 Å². The Morgan fingerprint density at radius 2 is 2.08 bits per heavy atom. The number of hydrogen-bond donors (Lipinski definition) is 2. The van der Waals surface area contributed by atoms with E-state index in [1.54, 1.807) is 6.20 Å². The minimum Gasteiger partial charge on any atom is -0.422 e. The number of hydrogen-bond acceptors (Lipinski definition) is 7. The van der Waals surface area contributed by atoms with Crippen LogP contribution in [-0.4, -0.2) is 46.5 Å². The molecule has 0 saturated carbocycles. The Morgan fingerprint density at radius 1 is 1.15 bits per heavy atom. The molecule has 26 heavy (non-hydrogen) atoms. The predicted octanol–water partition coefficient (Wildman–Crippen LogP) is 1.14. The van der Waals surface area contributed by atoms with Crippen molar-refractivity contribution in [2.45, 2.75) is 13.1 Å². The largest absolute Gasteiger partial charge is 0.422 e. The molecule has 130 valence electrons. The van der Waals surface area contributed by atoms with E-state index in [-0.39, 0.29) is 6.01 Å². The van der Waals surface area contributed by atoms with Gasteiger partial charge in [-0.15, -0.1) is 0 Å². The van der Waals surface area contributed by atoms with E-state index in [0.717, 1.165) is 36.8 Å². The van der Waals surface area contributed by atoms with E-state index in [0.29, 0.717) is 5.75 Å². The summed E-state index contributed by atoms with van der Waals surface area (Å²) in [6.07, 6.45) is 3.69. The minimum absolute atomic E-state index is 0.179. The average molecular weight is 349 g/mol. The highest BCUT2D eigenvalue weighted by molar-refractivity contribution is 5.55. The van der Waals surface area contributed by atoms with Crippen molar-refractivity contribution in [3.8, 4) is 29.0 Å². The molecular weight excluding hydrogens is 334 g/mol. The standard InChI is InChI=1S/C16H15N9O/c1-3-13(26-16-19-22-23-20-16)4-2-11(1)24-7-6-18-15(24)14-9-12-10-17-5-8-25(12)21-14/h1-4,6-7,9,17H,5,8,10H2,(H,19,20,22,23). The molecule has 10 nitrogen and oxygen atoms in total. The number of H-pyrrole nitrogens is 1. The zero-order chi connectivity index (χ0) is 17.3. The van der Waals surface area contributed by atoms with E-state index >= 15 is 0 Å². The molecule has 10 heteroatoms. The number of tetrazole rings is 1. The molecule has 0 saturated heterocycles. The molecule has 1 aliphatic heterocycles. The Hall–Kier alpha value is -3.53. The van der Waals surface area contributed by atoms with Gasteiger partial charge in [0.15, 0.2) is 5.82 Å². The van der Waals surface area contributed by atoms with Crippen molar-refractivity contribution >= 4 is 0 Å². The first-order chi connectivity index (χ1) is 12.9. The summed E-state index contributed by atoms with van der Waals surface area (Å²) in [6.45, 7) is 2.64. The van der Waals surface area contributed by atoms with Crippen molar-refractivity contribution in [2.24, 2.45) is 0 Å². The van der Waals surface area contributed by atoms with Crippen molar-refractivity contribution in [2.75, 3.05) is 6.54 Å². The van der Waals surface area contributed by atoms with Gasteiger partial charge < -0.3 is 10.1 Å². The molecule has 5 rings (SSSR count). The lowest BCUT2D eigenvalue weighted by molar-refractivity contribution is 0.442. The molecule has 0 aliphatic carbocycles. The number of imidazole rings is 1. The van der Waals surface area contributed by atoms with Crippen LogP contribution in [0.5, 0.6) is 11.8 Å². The number of aromatic amines is 1. The van der Waals surface area contributed by atoms with E-state index in [1.807, 2.05) is 39.7 Å². The smallest absolute Gasteiger partial charge is 0.361 e. The van der Waals surface area contributed by atoms with E-state index in [2.05, 4.69) is 42.1 Å². The van der Waals surface area contributed by atoms with Crippen molar-refractivity contribution in [1.29, 1.82) is 0 Å². The maximum Gasteiger partial charge on any atom is 0.361 e. The molecule has 0 unspecified atom stereocenters. The molecular formula is C16H15N9O. The SMILES string of the molecule is c1cn(-c2ccc(Oc3nn[nH]n3)cc2)c(-c2cc3n(n2)CCNC3)n1. The van der Waals surface area contributed by atoms with Crippen molar-refractivity contribution in [1.82, 2.24) is 45.3 Å². The number of fused-ring (bicyclic) bond motifs is 1. The van der Waals surface area contributed by atoms with Gasteiger partial charge in [0, 0.05) is 31.2 Å². The monoisotopic (exact) mass is 349 g/mol. The highest BCUT2D eigenvalue weighted by Crippen LogP contribution is 2.24. The third-order valence-corrected chi connectivity index (χ3v) is 4.19. The Morgan fingerprint density at radius 3 is 2.88 bits per heavy atom. The summed E-state index contributed by atoms with van der Waals surface area (Å²) in [6, 6.07) is 9.84. The van der Waals surface area contributed by atoms with E-state index < -0.39 is 0 Å². The van der Waals surface area contributed by atoms with Gasteiger partial charge in [0.1, 0.15) is 11.4 Å². The zero-order valence-electron chi connectivity index (χ0n) is 13.7. The molecule has 0 bridgehead atoms. The fraction of sp³-hybridized carbons (Fsp3) is 0.188. The predicted molar refractivity (Wildman–Crippen MR) is 90.7 cm³/mol. The van der Waals surface area contributed by atoms with Gasteiger partial charge in [-0.1, -0.05) is 10.2 Å². The summed E-state index contributed by atoms with van der Waals surface area (Å²) in [5, 5.41) is 21.4. The maximum absolute atomic E-state index is 5.50. The van der Waals surface area contributed by atoms with Crippen LogP contribution in [0.1, 0.15) is 5.69 Å². The molecule has 3 aromatic heterocycles. The van der Waals surface area contributed by atoms with Crippen LogP contribution >= 0.6 is 0 Å². The summed E-state index contributed by atoms with van der Waals surface area (Å²) >= 11 is 0. The number of aromatic nitrogens is 8. The van der Waals surface area contributed by atoms with E-state index in [4.69, 9.17) is 4.74 Å². The van der Waals surface area contributed by atoms with Gasteiger partial charge in [-0.25, -0.2) is 4.98 Å². The lowest BCUT2D eigenvalue weighted by atomic mass is 10.2. The van der Waals surface area contributed by atoms with Crippen molar-refractivity contribution in [3.63, 3.8) is 0 Å². The number of benzene rings is 1. The molecule has 0 atom stereocenters. The summed E-state index contributed by atoms with van der Waals surface area (Å²) in [5.41, 5.74) is 2.99. The van der Waals surface area contributed by atoms with Crippen molar-refractivity contribution in [3.05, 3.63) is 48.4 Å². The number of nitrogens with one attached hydrogen (secondary N) is 2. The topological polar surface area (TPSA) is 111 Å². The van der Waals surface area contributed by atoms with Gasteiger partial charge >= 0.3 is 6.01 Å². The summed E-state index contributed by atoms with van der Waals surface area (Å²) in [4.78, 5) is 4.49. The Kier molecular flexibility index (Phi) is 3.46. The van der Waals surface area contributed by atoms with E-state index in [1.165, 1.54) is 5.69 Å². The van der Waals surface area contributed by atoms with Crippen LogP contribution in [0.3, 0.4) is 0 Å². The molecule has 0 spiro atoms. The molecule has 0 amide bonds. The fourth-order valence-electron chi connectivity index (χ4n) is 2.98. The maximum atomic E-state index is 5.50. The van der Waals surface area contributed by atoms with Crippen LogP contribution in [-0.2, 0) is 13.1 Å². The van der Waals surface area contributed by atoms with Crippen LogP contribution in [0.15, 0.2) is 42.7 Å². The fourth-order valence-corrected chi connectivity index (χ4v) is 2.98. The van der Waals surface area contributed by atoms with Gasteiger partial charge in [0.25, 0.3) is 0 Å². The van der Waals surface area contributed by atoms with Gasteiger partial charge in [-0.2, -0.15) is 10.3 Å². The van der Waals surface area contributed by atoms with Crippen LogP contribution in [0.25, 0.3) is 17.2 Å². The normalized spacial score (nSPS) is 13.5. The summed E-state index contributed by atoms with van der Waals surface area (Å²) in [5.74, 6) is 1.43. The highest BCUT2D eigenvalue weighted by atomic mass is 16.5. The second-order valence-corrected chi connectivity index (χ2v) is 5.83. The highest BCUT2D eigenvalue weighted by Gasteiger charge is 2.16. The molecule has 0 radical (unpaired) electrons. The Labute approximate surface area is 147 Å². The summed E-state index contributed by atoms with van der Waals surface area (Å²) < 4.78 is 9.53. The Balaban J connectivity index is 1.44. The first-order valence-electron chi connectivity index (χ1n) is 8.20. The van der Waals surface area contributed by atoms with Gasteiger partial charge in [0.2, 0.25) is 0 Å². The zero-order valence-corrected chi connectivity index (χ0v) is 13.7. The quantitative estimate of drug-likeness (QED) is 0.568. The minimum atomic E-state index is 0.179. The van der Waals surface area contributed by atoms with Crippen LogP contribution in [0.4, 0.5) is 0 Å². The van der Waals surface area contributed by atoms with Gasteiger partial charge in [0.05, 0.1) is 12.2 Å². The molecule has 0 fully saturated rings. The molecule has 4 aromatic rings. The third-order valence-electron chi connectivity index (χ3n) is 4.19. The molecule has 2 N–H and O–H groups in total. The lowest BCUT2D eigenvalue weighted by Gasteiger charge is -2.13. The van der Waals surface area contributed by atoms with Crippen LogP contribution < -0.4 is 10.1 Å². The molecule has 1 aromatic carbocycles. The molecule has 4 heterocycles. The number of ether oxygens (including phenoxy) is 1. The first kappa shape index (κ1) is 14.8. The third kappa shape index (κ3) is 2.62. The Bertz CT molecular complexity index is 993. The average Bonchev–Trinajstić information content (AvgIpc) is 3.42. The van der Waals surface area contributed by atoms with Gasteiger partial charge in [-0.05, 0) is 35.5 Å². The van der Waals surface area contributed by atoms with Crippen LogP contribution in [0.2, 0.25) is 0 Å². The van der Waals surface area contributed by atoms with Crippen LogP contribution in [0, 0.1) is 0 Å². The number of rotatable bonds is 4. The molecule has 1 aliphatic rings. The second kappa shape index (κ2) is 6.08. The summed E-state index contributed by atoms with van der Waals surface area (Å²) in [7, 11) is 0. The lowest BCUT2D eigenvalue weighted by Crippen LogP contribution is -2.28. The second-order valence-electron chi connectivity index (χ2n) is 5.83. The first-order valence-corrected chi connectivity index (χ1v) is 8.20. The van der Waals surface area contributed by atoms with Gasteiger partial charge in [-0.3, -0.25) is 9.25 Å². The number of nitrogens with zero attached hydrogens (tertiary/aromatic N) is 7.